The molecule has 4 aromatic rings. The molecule has 1 atom stereocenters. The van der Waals surface area contributed by atoms with Crippen LogP contribution >= 0.6 is 0 Å². The molecule has 0 spiro atoms. The van der Waals surface area contributed by atoms with Gasteiger partial charge in [-0.05, 0) is 72.1 Å². The lowest BCUT2D eigenvalue weighted by Crippen LogP contribution is -2.29. The number of aryl methyl sites for hydroxylation is 1. The average Bonchev–Trinajstić information content (AvgIpc) is 3.19. The van der Waals surface area contributed by atoms with Crippen molar-refractivity contribution in [3.05, 3.63) is 125 Å². The number of amides is 1. The van der Waals surface area contributed by atoms with Crippen LogP contribution in [0.5, 0.6) is 17.2 Å². The molecule has 1 saturated heterocycles. The maximum atomic E-state index is 13.4. The molecule has 7 nitrogen and oxygen atoms in total. The van der Waals surface area contributed by atoms with Crippen molar-refractivity contribution in [2.45, 2.75) is 19.5 Å². The van der Waals surface area contributed by atoms with E-state index in [1.165, 1.54) is 4.90 Å². The number of rotatable bonds is 7. The molecular formula is C31H26N2O5. The van der Waals surface area contributed by atoms with Crippen molar-refractivity contribution in [2.24, 2.45) is 0 Å². The van der Waals surface area contributed by atoms with Crippen molar-refractivity contribution in [3.8, 4) is 17.2 Å². The van der Waals surface area contributed by atoms with Crippen LogP contribution in [0, 0.1) is 6.92 Å². The van der Waals surface area contributed by atoms with Crippen LogP contribution in [0.2, 0.25) is 0 Å². The van der Waals surface area contributed by atoms with Gasteiger partial charge in [0.05, 0.1) is 18.7 Å². The number of aliphatic hydroxyl groups excluding tert-OH is 1. The molecule has 5 rings (SSSR count). The second-order valence-electron chi connectivity index (χ2n) is 8.96. The van der Waals surface area contributed by atoms with Gasteiger partial charge in [-0.25, -0.2) is 0 Å². The monoisotopic (exact) mass is 506 g/mol. The molecule has 2 heterocycles. The molecule has 7 heteroatoms. The molecule has 1 aliphatic rings. The molecule has 0 aliphatic carbocycles. The number of pyridine rings is 1. The fourth-order valence-electron chi connectivity index (χ4n) is 4.62. The standard InChI is InChI=1S/C31H26N2O5/c1-20-16-24(37-2)13-14-26(20)29(34)27-28(33(31(36)30(27)35)19-21-8-7-15-32-18-21)22-9-6-12-25(17-22)38-23-10-4-3-5-11-23/h3-18,28,34H,19H2,1-2H3/t28-/m0/s1. The Morgan fingerprint density at radius 3 is 2.42 bits per heavy atom. The van der Waals surface area contributed by atoms with E-state index in [9.17, 15) is 14.7 Å². The predicted molar refractivity (Wildman–Crippen MR) is 143 cm³/mol. The summed E-state index contributed by atoms with van der Waals surface area (Å²) in [5.74, 6) is 0.140. The van der Waals surface area contributed by atoms with Crippen LogP contribution in [0.25, 0.3) is 5.76 Å². The second-order valence-corrected chi connectivity index (χ2v) is 8.96. The molecule has 38 heavy (non-hydrogen) atoms. The van der Waals surface area contributed by atoms with Crippen molar-refractivity contribution in [2.75, 3.05) is 7.11 Å². The van der Waals surface area contributed by atoms with E-state index in [1.807, 2.05) is 49.4 Å². The van der Waals surface area contributed by atoms with Crippen molar-refractivity contribution in [3.63, 3.8) is 0 Å². The number of Topliss-reactive ketones (excluding diaryl/α,β-unsaturated/α-hetero) is 1. The van der Waals surface area contributed by atoms with E-state index in [1.54, 1.807) is 62.0 Å². The van der Waals surface area contributed by atoms with Crippen LogP contribution in [0.15, 0.2) is 103 Å². The van der Waals surface area contributed by atoms with Gasteiger partial charge in [-0.3, -0.25) is 14.6 Å². The third kappa shape index (κ3) is 4.86. The fourth-order valence-corrected chi connectivity index (χ4v) is 4.62. The number of aliphatic hydroxyl groups is 1. The minimum atomic E-state index is -0.837. The van der Waals surface area contributed by atoms with E-state index in [0.717, 1.165) is 5.56 Å². The van der Waals surface area contributed by atoms with E-state index in [2.05, 4.69) is 4.98 Å². The van der Waals surface area contributed by atoms with Crippen molar-refractivity contribution in [1.29, 1.82) is 0 Å². The first kappa shape index (κ1) is 24.8. The summed E-state index contributed by atoms with van der Waals surface area (Å²) >= 11 is 0. The Labute approximate surface area is 220 Å². The van der Waals surface area contributed by atoms with Gasteiger partial charge >= 0.3 is 0 Å². The maximum Gasteiger partial charge on any atom is 0.295 e. The van der Waals surface area contributed by atoms with Crippen LogP contribution in [0.1, 0.15) is 28.3 Å². The minimum Gasteiger partial charge on any atom is -0.507 e. The molecule has 0 radical (unpaired) electrons. The van der Waals surface area contributed by atoms with Gasteiger partial charge in [0, 0.05) is 24.5 Å². The van der Waals surface area contributed by atoms with Gasteiger partial charge in [-0.2, -0.15) is 0 Å². The van der Waals surface area contributed by atoms with Crippen molar-refractivity contribution >= 4 is 17.4 Å². The Kier molecular flexibility index (Phi) is 6.91. The summed E-state index contributed by atoms with van der Waals surface area (Å²) in [5.41, 5.74) is 2.57. The van der Waals surface area contributed by atoms with Crippen LogP contribution in [-0.2, 0) is 16.1 Å². The summed E-state index contributed by atoms with van der Waals surface area (Å²) in [6, 6.07) is 24.5. The van der Waals surface area contributed by atoms with Gasteiger partial charge in [0.15, 0.2) is 0 Å². The number of ether oxygens (including phenoxy) is 2. The number of carbonyl (C=O) groups is 2. The Bertz CT molecular complexity index is 1520. The molecule has 1 amide bonds. The largest absolute Gasteiger partial charge is 0.507 e. The Balaban J connectivity index is 1.63. The van der Waals surface area contributed by atoms with E-state index < -0.39 is 17.7 Å². The molecule has 1 fully saturated rings. The smallest absolute Gasteiger partial charge is 0.295 e. The number of methoxy groups -OCH3 is 1. The molecule has 1 aromatic heterocycles. The lowest BCUT2D eigenvalue weighted by atomic mass is 9.93. The molecule has 190 valence electrons. The zero-order valence-electron chi connectivity index (χ0n) is 21.0. The quantitative estimate of drug-likeness (QED) is 0.193. The van der Waals surface area contributed by atoms with Gasteiger partial charge in [-0.15, -0.1) is 0 Å². The molecule has 1 N–H and O–H groups in total. The van der Waals surface area contributed by atoms with E-state index >= 15 is 0 Å². The molecular weight excluding hydrogens is 480 g/mol. The summed E-state index contributed by atoms with van der Waals surface area (Å²) in [6.45, 7) is 1.96. The number of benzene rings is 3. The van der Waals surface area contributed by atoms with Crippen LogP contribution in [0.3, 0.4) is 0 Å². The number of aromatic nitrogens is 1. The van der Waals surface area contributed by atoms with Gasteiger partial charge in [0.2, 0.25) is 0 Å². The van der Waals surface area contributed by atoms with Gasteiger partial charge in [0.1, 0.15) is 23.0 Å². The first-order valence-corrected chi connectivity index (χ1v) is 12.1. The van der Waals surface area contributed by atoms with Crippen molar-refractivity contribution < 1.29 is 24.2 Å². The van der Waals surface area contributed by atoms with Gasteiger partial charge < -0.3 is 19.5 Å². The summed E-state index contributed by atoms with van der Waals surface area (Å²) in [6.07, 6.45) is 3.30. The van der Waals surface area contributed by atoms with Gasteiger partial charge in [-0.1, -0.05) is 36.4 Å². The van der Waals surface area contributed by atoms with Crippen molar-refractivity contribution in [1.82, 2.24) is 9.88 Å². The number of carbonyl (C=O) groups excluding carboxylic acids is 2. The first-order chi connectivity index (χ1) is 18.5. The molecule has 0 unspecified atom stereocenters. The number of likely N-dealkylation sites (tertiary alicyclic amines) is 1. The number of para-hydroxylation sites is 1. The Morgan fingerprint density at radius 2 is 1.71 bits per heavy atom. The number of ketones is 1. The van der Waals surface area contributed by atoms with Crippen LogP contribution < -0.4 is 9.47 Å². The normalized spacial score (nSPS) is 16.5. The highest BCUT2D eigenvalue weighted by molar-refractivity contribution is 6.46. The zero-order chi connectivity index (χ0) is 26.6. The van der Waals surface area contributed by atoms with E-state index in [-0.39, 0.29) is 17.9 Å². The number of nitrogens with zero attached hydrogens (tertiary/aromatic N) is 2. The van der Waals surface area contributed by atoms with Crippen LogP contribution in [0.4, 0.5) is 0 Å². The van der Waals surface area contributed by atoms with Gasteiger partial charge in [0.25, 0.3) is 11.7 Å². The topological polar surface area (TPSA) is 89.0 Å². The summed E-state index contributed by atoms with van der Waals surface area (Å²) in [4.78, 5) is 32.4. The summed E-state index contributed by atoms with van der Waals surface area (Å²) in [5, 5.41) is 11.5. The Hall–Kier alpha value is -4.91. The second kappa shape index (κ2) is 10.6. The van der Waals surface area contributed by atoms with Crippen LogP contribution in [-0.4, -0.2) is 33.8 Å². The predicted octanol–water partition coefficient (Wildman–Crippen LogP) is 5.81. The molecule has 1 aliphatic heterocycles. The third-order valence-electron chi connectivity index (χ3n) is 6.46. The molecule has 0 saturated carbocycles. The lowest BCUT2D eigenvalue weighted by Gasteiger charge is -2.26. The maximum absolute atomic E-state index is 13.4. The minimum absolute atomic E-state index is 0.0176. The summed E-state index contributed by atoms with van der Waals surface area (Å²) < 4.78 is 11.3. The SMILES string of the molecule is COc1ccc(C(O)=C2C(=O)C(=O)N(Cc3cccnc3)[C@H]2c2cccc(Oc3ccccc3)c2)c(C)c1. The zero-order valence-corrected chi connectivity index (χ0v) is 21.0. The third-order valence-corrected chi connectivity index (χ3v) is 6.46. The highest BCUT2D eigenvalue weighted by Gasteiger charge is 2.46. The Morgan fingerprint density at radius 1 is 0.921 bits per heavy atom. The molecule has 0 bridgehead atoms. The lowest BCUT2D eigenvalue weighted by molar-refractivity contribution is -0.140. The van der Waals surface area contributed by atoms with E-state index in [0.29, 0.717) is 33.9 Å². The highest BCUT2D eigenvalue weighted by Crippen LogP contribution is 2.42. The highest BCUT2D eigenvalue weighted by atomic mass is 16.5. The van der Waals surface area contributed by atoms with E-state index in [4.69, 9.17) is 9.47 Å². The average molecular weight is 507 g/mol. The summed E-state index contributed by atoms with van der Waals surface area (Å²) in [7, 11) is 1.56. The first-order valence-electron chi connectivity index (χ1n) is 12.1. The number of hydrogen-bond donors (Lipinski definition) is 1. The fraction of sp³-hybridized carbons (Fsp3) is 0.129. The number of hydrogen-bond acceptors (Lipinski definition) is 6. The molecule has 3 aromatic carbocycles.